The van der Waals surface area contributed by atoms with Gasteiger partial charge < -0.3 is 10.2 Å². The van der Waals surface area contributed by atoms with Gasteiger partial charge in [0.25, 0.3) is 20.2 Å². The van der Waals surface area contributed by atoms with Gasteiger partial charge in [-0.3, -0.25) is 9.11 Å². The molecule has 0 amide bonds. The van der Waals surface area contributed by atoms with Crippen LogP contribution in [0.15, 0.2) is 24.3 Å². The molecule has 0 aliphatic carbocycles. The Kier molecular flexibility index (Phi) is 12.0. The SMILES string of the molecule is C=C(CCCCS(=O)(=O)O)C(=O)O.C=C(CCCS(=O)(=O)O)C(=O)O. The van der Waals surface area contributed by atoms with Crippen LogP contribution in [-0.4, -0.2) is 59.6 Å². The van der Waals surface area contributed by atoms with Crippen LogP contribution in [0.3, 0.4) is 0 Å². The van der Waals surface area contributed by atoms with E-state index >= 15 is 0 Å². The Bertz CT molecular complexity index is 688. The number of carbonyl (C=O) groups is 2. The zero-order valence-electron chi connectivity index (χ0n) is 13.4. The van der Waals surface area contributed by atoms with E-state index in [-0.39, 0.29) is 42.6 Å². The number of carboxylic acids is 2. The standard InChI is InChI=1S/C7H12O5S.C6H10O5S/c1-6(7(8)9)4-2-3-5-13(10,11)12;1-5(6(7)8)3-2-4-12(9,10)11/h1-5H2,(H,8,9)(H,10,11,12);1-4H2,(H,7,8)(H,9,10,11). The van der Waals surface area contributed by atoms with Crippen molar-refractivity contribution in [2.75, 3.05) is 11.5 Å². The van der Waals surface area contributed by atoms with E-state index in [2.05, 4.69) is 13.2 Å². The van der Waals surface area contributed by atoms with Gasteiger partial charge in [-0.15, -0.1) is 0 Å². The number of hydrogen-bond donors (Lipinski definition) is 4. The fraction of sp³-hybridized carbons (Fsp3) is 0.538. The van der Waals surface area contributed by atoms with Crippen LogP contribution in [0.5, 0.6) is 0 Å². The van der Waals surface area contributed by atoms with Gasteiger partial charge in [0.05, 0.1) is 11.5 Å². The van der Waals surface area contributed by atoms with Crippen LogP contribution < -0.4 is 0 Å². The number of hydrogen-bond acceptors (Lipinski definition) is 6. The zero-order valence-corrected chi connectivity index (χ0v) is 15.1. The Hall–Kier alpha value is -1.76. The van der Waals surface area contributed by atoms with Crippen LogP contribution in [-0.2, 0) is 29.8 Å². The molecule has 0 saturated heterocycles. The molecule has 12 heteroatoms. The van der Waals surface area contributed by atoms with Crippen molar-refractivity contribution in [3.63, 3.8) is 0 Å². The van der Waals surface area contributed by atoms with Crippen molar-refractivity contribution in [2.24, 2.45) is 0 Å². The number of unbranched alkanes of at least 4 members (excludes halogenated alkanes) is 1. The minimum atomic E-state index is -3.98. The lowest BCUT2D eigenvalue weighted by atomic mass is 10.1. The highest BCUT2D eigenvalue weighted by Crippen LogP contribution is 2.06. The van der Waals surface area contributed by atoms with Crippen molar-refractivity contribution < 1.29 is 45.7 Å². The van der Waals surface area contributed by atoms with E-state index in [0.717, 1.165) is 0 Å². The lowest BCUT2D eigenvalue weighted by Gasteiger charge is -1.98. The summed E-state index contributed by atoms with van der Waals surface area (Å²) in [5.74, 6) is -2.99. The van der Waals surface area contributed by atoms with Crippen molar-refractivity contribution in [1.82, 2.24) is 0 Å². The molecule has 0 heterocycles. The van der Waals surface area contributed by atoms with Gasteiger partial charge in [-0.05, 0) is 32.1 Å². The van der Waals surface area contributed by atoms with E-state index in [0.29, 0.717) is 6.42 Å². The summed E-state index contributed by atoms with van der Waals surface area (Å²) in [6.45, 7) is 6.47. The summed E-state index contributed by atoms with van der Waals surface area (Å²) in [6.07, 6.45) is 1.01. The maximum atomic E-state index is 10.2. The van der Waals surface area contributed by atoms with E-state index in [1.165, 1.54) is 0 Å². The minimum Gasteiger partial charge on any atom is -0.478 e. The molecule has 0 aliphatic rings. The van der Waals surface area contributed by atoms with Gasteiger partial charge in [0, 0.05) is 11.1 Å². The monoisotopic (exact) mass is 402 g/mol. The molecule has 0 aromatic heterocycles. The molecular weight excluding hydrogens is 380 g/mol. The largest absolute Gasteiger partial charge is 0.478 e. The summed E-state index contributed by atoms with van der Waals surface area (Å²) in [5.41, 5.74) is -0.00557. The van der Waals surface area contributed by atoms with E-state index in [1.54, 1.807) is 0 Å². The maximum absolute atomic E-state index is 10.2. The van der Waals surface area contributed by atoms with Gasteiger partial charge in [0.15, 0.2) is 0 Å². The second-order valence-electron chi connectivity index (χ2n) is 4.95. The molecule has 0 bridgehead atoms. The fourth-order valence-corrected chi connectivity index (χ4v) is 2.38. The van der Waals surface area contributed by atoms with Crippen LogP contribution in [0.1, 0.15) is 32.1 Å². The van der Waals surface area contributed by atoms with Crippen molar-refractivity contribution in [3.8, 4) is 0 Å². The number of aliphatic carboxylic acids is 2. The van der Waals surface area contributed by atoms with E-state index < -0.39 is 37.9 Å². The number of rotatable bonds is 11. The molecule has 0 rings (SSSR count). The molecule has 0 aromatic rings. The van der Waals surface area contributed by atoms with Crippen LogP contribution in [0.2, 0.25) is 0 Å². The summed E-state index contributed by atoms with van der Waals surface area (Å²) in [7, 11) is -7.90. The first-order valence-corrected chi connectivity index (χ1v) is 10.1. The Balaban J connectivity index is 0. The van der Waals surface area contributed by atoms with Gasteiger partial charge in [-0.25, -0.2) is 9.59 Å². The zero-order chi connectivity index (χ0) is 20.3. The summed E-state index contributed by atoms with van der Waals surface area (Å²) in [5, 5.41) is 16.7. The highest BCUT2D eigenvalue weighted by Gasteiger charge is 2.08. The molecule has 0 radical (unpaired) electrons. The van der Waals surface area contributed by atoms with Gasteiger partial charge in [0.2, 0.25) is 0 Å². The van der Waals surface area contributed by atoms with E-state index in [9.17, 15) is 26.4 Å². The van der Waals surface area contributed by atoms with Crippen LogP contribution in [0, 0.1) is 0 Å². The van der Waals surface area contributed by atoms with Crippen molar-refractivity contribution >= 4 is 32.2 Å². The van der Waals surface area contributed by atoms with Crippen molar-refractivity contribution in [2.45, 2.75) is 32.1 Å². The first kappa shape index (κ1) is 25.5. The molecule has 0 spiro atoms. The van der Waals surface area contributed by atoms with Crippen LogP contribution >= 0.6 is 0 Å². The molecule has 0 atom stereocenters. The molecule has 0 aromatic carbocycles. The van der Waals surface area contributed by atoms with Crippen LogP contribution in [0.25, 0.3) is 0 Å². The third kappa shape index (κ3) is 20.2. The van der Waals surface area contributed by atoms with Gasteiger partial charge in [-0.2, -0.15) is 16.8 Å². The highest BCUT2D eigenvalue weighted by molar-refractivity contribution is 7.86. The molecule has 25 heavy (non-hydrogen) atoms. The third-order valence-corrected chi connectivity index (χ3v) is 4.23. The van der Waals surface area contributed by atoms with Gasteiger partial charge in [0.1, 0.15) is 0 Å². The Morgan fingerprint density at radius 3 is 1.32 bits per heavy atom. The maximum Gasteiger partial charge on any atom is 0.330 e. The smallest absolute Gasteiger partial charge is 0.330 e. The Morgan fingerprint density at radius 1 is 0.680 bits per heavy atom. The van der Waals surface area contributed by atoms with Gasteiger partial charge >= 0.3 is 11.9 Å². The molecular formula is C13H22O10S2. The quantitative estimate of drug-likeness (QED) is 0.221. The normalized spacial score (nSPS) is 11.1. The Labute approximate surface area is 146 Å². The molecule has 0 aliphatic heterocycles. The first-order valence-electron chi connectivity index (χ1n) is 6.88. The molecule has 10 nitrogen and oxygen atoms in total. The lowest BCUT2D eigenvalue weighted by Crippen LogP contribution is -2.06. The molecule has 146 valence electrons. The first-order chi connectivity index (χ1) is 11.2. The summed E-state index contributed by atoms with van der Waals surface area (Å²) < 4.78 is 57.4. The third-order valence-electron chi connectivity index (χ3n) is 2.62. The average Bonchev–Trinajstić information content (AvgIpc) is 2.41. The topological polar surface area (TPSA) is 183 Å². The number of carboxylic acid groups (broad SMARTS) is 2. The van der Waals surface area contributed by atoms with Gasteiger partial charge in [-0.1, -0.05) is 13.2 Å². The van der Waals surface area contributed by atoms with Crippen LogP contribution in [0.4, 0.5) is 0 Å². The van der Waals surface area contributed by atoms with E-state index in [1.807, 2.05) is 0 Å². The fourth-order valence-electron chi connectivity index (χ4n) is 1.30. The summed E-state index contributed by atoms with van der Waals surface area (Å²) in [6, 6.07) is 0. The van der Waals surface area contributed by atoms with Crippen molar-refractivity contribution in [3.05, 3.63) is 24.3 Å². The molecule has 4 N–H and O–H groups in total. The predicted octanol–water partition coefficient (Wildman–Crippen LogP) is 0.981. The summed E-state index contributed by atoms with van der Waals surface area (Å²) >= 11 is 0. The predicted molar refractivity (Wildman–Crippen MR) is 89.5 cm³/mol. The second-order valence-corrected chi connectivity index (χ2v) is 8.09. The highest BCUT2D eigenvalue weighted by atomic mass is 32.2. The molecule has 0 fully saturated rings. The Morgan fingerprint density at radius 2 is 1.00 bits per heavy atom. The second kappa shape index (κ2) is 11.7. The molecule has 0 saturated carbocycles. The molecule has 0 unspecified atom stereocenters. The minimum absolute atomic E-state index is 0.0512. The van der Waals surface area contributed by atoms with Crippen molar-refractivity contribution in [1.29, 1.82) is 0 Å². The average molecular weight is 402 g/mol. The summed E-state index contributed by atoms with van der Waals surface area (Å²) in [4.78, 5) is 20.4. The van der Waals surface area contributed by atoms with E-state index in [4.69, 9.17) is 19.3 Å². The lowest BCUT2D eigenvalue weighted by molar-refractivity contribution is -0.133.